The molecule has 1 N–H and O–H groups in total. The first-order valence-corrected chi connectivity index (χ1v) is 6.82. The summed E-state index contributed by atoms with van der Waals surface area (Å²) >= 11 is 0. The summed E-state index contributed by atoms with van der Waals surface area (Å²) in [5.41, 5.74) is 0.340. The molecule has 1 saturated carbocycles. The number of halogens is 1. The molecule has 2 fully saturated rings. The highest BCUT2D eigenvalue weighted by atomic mass is 19.1. The molecule has 1 aliphatic carbocycles. The van der Waals surface area contributed by atoms with Crippen molar-refractivity contribution in [1.29, 1.82) is 0 Å². The van der Waals surface area contributed by atoms with E-state index in [0.717, 1.165) is 18.4 Å². The predicted molar refractivity (Wildman–Crippen MR) is 71.5 cm³/mol. The van der Waals surface area contributed by atoms with E-state index in [1.807, 2.05) is 0 Å². The summed E-state index contributed by atoms with van der Waals surface area (Å²) < 4.78 is 13.0. The number of carbonyl (C=O) groups excluding carboxylic acids is 2. The van der Waals surface area contributed by atoms with Crippen molar-refractivity contribution in [3.8, 4) is 0 Å². The molecular formula is C15H17FN2O2. The van der Waals surface area contributed by atoms with Gasteiger partial charge in [-0.1, -0.05) is 12.1 Å². The van der Waals surface area contributed by atoms with Gasteiger partial charge < -0.3 is 10.2 Å². The minimum Gasteiger partial charge on any atom is -0.350 e. The van der Waals surface area contributed by atoms with Gasteiger partial charge in [0.25, 0.3) is 0 Å². The van der Waals surface area contributed by atoms with Gasteiger partial charge in [-0.15, -0.1) is 0 Å². The molecule has 1 saturated heterocycles. The van der Waals surface area contributed by atoms with Gasteiger partial charge in [0.15, 0.2) is 0 Å². The molecule has 0 bridgehead atoms. The van der Waals surface area contributed by atoms with E-state index >= 15 is 0 Å². The van der Waals surface area contributed by atoms with Gasteiger partial charge in [0.1, 0.15) is 5.82 Å². The van der Waals surface area contributed by atoms with Crippen LogP contribution in [-0.4, -0.2) is 36.3 Å². The van der Waals surface area contributed by atoms with Crippen LogP contribution in [0.1, 0.15) is 24.8 Å². The molecule has 1 aliphatic heterocycles. The highest BCUT2D eigenvalue weighted by molar-refractivity contribution is 5.92. The molecule has 1 aromatic carbocycles. The second-order valence-corrected chi connectivity index (χ2v) is 5.74. The third-order valence-electron chi connectivity index (χ3n) is 4.26. The molecule has 1 heterocycles. The highest BCUT2D eigenvalue weighted by Gasteiger charge is 2.51. The second kappa shape index (κ2) is 4.58. The summed E-state index contributed by atoms with van der Waals surface area (Å²) in [6.45, 7) is 0.560. The molecule has 2 aliphatic rings. The number of likely N-dealkylation sites (tertiary alicyclic amines) is 1. The zero-order valence-corrected chi connectivity index (χ0v) is 11.4. The van der Waals surface area contributed by atoms with E-state index in [9.17, 15) is 14.0 Å². The van der Waals surface area contributed by atoms with Crippen molar-refractivity contribution >= 4 is 11.8 Å². The van der Waals surface area contributed by atoms with E-state index in [2.05, 4.69) is 5.32 Å². The lowest BCUT2D eigenvalue weighted by Gasteiger charge is -2.19. The van der Waals surface area contributed by atoms with Gasteiger partial charge in [0.05, 0.1) is 11.5 Å². The van der Waals surface area contributed by atoms with E-state index in [0.29, 0.717) is 13.0 Å². The van der Waals surface area contributed by atoms with Crippen molar-refractivity contribution in [2.75, 3.05) is 13.6 Å². The van der Waals surface area contributed by atoms with E-state index in [-0.39, 0.29) is 23.7 Å². The zero-order chi connectivity index (χ0) is 14.3. The number of likely N-dealkylation sites (N-methyl/N-ethyl adjacent to an activating group) is 1. The molecule has 106 valence electrons. The molecule has 0 aromatic heterocycles. The number of carbonyl (C=O) groups is 2. The Hall–Kier alpha value is -1.91. The molecule has 1 unspecified atom stereocenters. The number of hydrogen-bond acceptors (Lipinski definition) is 2. The maximum Gasteiger partial charge on any atom is 0.230 e. The summed E-state index contributed by atoms with van der Waals surface area (Å²) in [6, 6.07) is 6.00. The predicted octanol–water partition coefficient (Wildman–Crippen LogP) is 1.20. The molecular weight excluding hydrogens is 259 g/mol. The van der Waals surface area contributed by atoms with Crippen molar-refractivity contribution < 1.29 is 14.0 Å². The molecule has 1 atom stereocenters. The van der Waals surface area contributed by atoms with Gasteiger partial charge in [-0.2, -0.15) is 0 Å². The standard InChI is InChI=1S/C15H17FN2O2/c1-18-9-12(8-13(18)19)17-14(20)15(6-7-15)10-2-4-11(16)5-3-10/h2-5,12H,6-9H2,1H3,(H,17,20). The normalized spacial score (nSPS) is 23.8. The van der Waals surface area contributed by atoms with Crippen LogP contribution in [0, 0.1) is 5.82 Å². The minimum absolute atomic E-state index is 0.0443. The Kier molecular flexibility index (Phi) is 3.00. The Morgan fingerprint density at radius 2 is 2.00 bits per heavy atom. The number of hydrogen-bond donors (Lipinski definition) is 1. The first-order chi connectivity index (χ1) is 9.51. The molecule has 1 aromatic rings. The van der Waals surface area contributed by atoms with Gasteiger partial charge in [-0.3, -0.25) is 9.59 Å². The quantitative estimate of drug-likeness (QED) is 0.902. The summed E-state index contributed by atoms with van der Waals surface area (Å²) in [5, 5.41) is 2.96. The fourth-order valence-corrected chi connectivity index (χ4v) is 2.82. The Morgan fingerprint density at radius 3 is 2.50 bits per heavy atom. The van der Waals surface area contributed by atoms with Crippen molar-refractivity contribution in [1.82, 2.24) is 10.2 Å². The van der Waals surface area contributed by atoms with Crippen LogP contribution in [0.15, 0.2) is 24.3 Å². The van der Waals surface area contributed by atoms with Crippen LogP contribution < -0.4 is 5.32 Å². The fraction of sp³-hybridized carbons (Fsp3) is 0.467. The maximum absolute atomic E-state index is 13.0. The summed E-state index contributed by atoms with van der Waals surface area (Å²) in [7, 11) is 1.74. The maximum atomic E-state index is 13.0. The van der Waals surface area contributed by atoms with Gasteiger partial charge in [0.2, 0.25) is 11.8 Å². The van der Waals surface area contributed by atoms with Crippen LogP contribution >= 0.6 is 0 Å². The first-order valence-electron chi connectivity index (χ1n) is 6.82. The van der Waals surface area contributed by atoms with Gasteiger partial charge in [-0.05, 0) is 30.5 Å². The van der Waals surface area contributed by atoms with Crippen LogP contribution in [0.2, 0.25) is 0 Å². The van der Waals surface area contributed by atoms with Crippen molar-refractivity contribution in [3.63, 3.8) is 0 Å². The number of benzene rings is 1. The summed E-state index contributed by atoms with van der Waals surface area (Å²) in [4.78, 5) is 25.5. The average Bonchev–Trinajstić information content (AvgIpc) is 3.15. The summed E-state index contributed by atoms with van der Waals surface area (Å²) in [5.74, 6) is -0.285. The van der Waals surface area contributed by atoms with Crippen LogP contribution in [0.4, 0.5) is 4.39 Å². The summed E-state index contributed by atoms with van der Waals surface area (Å²) in [6.07, 6.45) is 1.92. The average molecular weight is 276 g/mol. The van der Waals surface area contributed by atoms with E-state index in [1.165, 1.54) is 12.1 Å². The Balaban J connectivity index is 1.71. The Labute approximate surface area is 117 Å². The molecule has 3 rings (SSSR count). The third kappa shape index (κ3) is 2.17. The zero-order valence-electron chi connectivity index (χ0n) is 11.4. The Morgan fingerprint density at radius 1 is 1.35 bits per heavy atom. The third-order valence-corrected chi connectivity index (χ3v) is 4.26. The van der Waals surface area contributed by atoms with Crippen LogP contribution in [-0.2, 0) is 15.0 Å². The van der Waals surface area contributed by atoms with Crippen LogP contribution in [0.25, 0.3) is 0 Å². The van der Waals surface area contributed by atoms with Crippen molar-refractivity contribution in [2.45, 2.75) is 30.7 Å². The van der Waals surface area contributed by atoms with Crippen LogP contribution in [0.5, 0.6) is 0 Å². The van der Waals surface area contributed by atoms with Crippen LogP contribution in [0.3, 0.4) is 0 Å². The van der Waals surface area contributed by atoms with E-state index in [4.69, 9.17) is 0 Å². The lowest BCUT2D eigenvalue weighted by molar-refractivity contribution is -0.126. The van der Waals surface area contributed by atoms with Crippen molar-refractivity contribution in [3.05, 3.63) is 35.6 Å². The SMILES string of the molecule is CN1CC(NC(=O)C2(c3ccc(F)cc3)CC2)CC1=O. The first kappa shape index (κ1) is 13.1. The molecule has 2 amide bonds. The number of amides is 2. The number of nitrogens with zero attached hydrogens (tertiary/aromatic N) is 1. The number of rotatable bonds is 3. The molecule has 0 radical (unpaired) electrons. The fourth-order valence-electron chi connectivity index (χ4n) is 2.82. The van der Waals surface area contributed by atoms with Gasteiger partial charge >= 0.3 is 0 Å². The van der Waals surface area contributed by atoms with Crippen molar-refractivity contribution in [2.24, 2.45) is 0 Å². The van der Waals surface area contributed by atoms with E-state index in [1.54, 1.807) is 24.1 Å². The van der Waals surface area contributed by atoms with Gasteiger partial charge in [0, 0.05) is 20.0 Å². The second-order valence-electron chi connectivity index (χ2n) is 5.74. The highest BCUT2D eigenvalue weighted by Crippen LogP contribution is 2.48. The minimum atomic E-state index is -0.516. The topological polar surface area (TPSA) is 49.4 Å². The largest absolute Gasteiger partial charge is 0.350 e. The lowest BCUT2D eigenvalue weighted by atomic mass is 9.94. The molecule has 20 heavy (non-hydrogen) atoms. The van der Waals surface area contributed by atoms with E-state index < -0.39 is 5.41 Å². The number of nitrogens with one attached hydrogen (secondary N) is 1. The molecule has 0 spiro atoms. The lowest BCUT2D eigenvalue weighted by Crippen LogP contribution is -2.42. The smallest absolute Gasteiger partial charge is 0.230 e. The monoisotopic (exact) mass is 276 g/mol. The van der Waals surface area contributed by atoms with Gasteiger partial charge in [-0.25, -0.2) is 4.39 Å². The molecule has 5 heteroatoms. The molecule has 4 nitrogen and oxygen atoms in total. The Bertz CT molecular complexity index is 551.